The molecule has 17 heavy (non-hydrogen) atoms. The Morgan fingerprint density at radius 2 is 0.941 bits per heavy atom. The van der Waals surface area contributed by atoms with Gasteiger partial charge in [-0.3, -0.25) is 0 Å². The molecule has 0 nitrogen and oxygen atoms in total. The second-order valence-corrected chi connectivity index (χ2v) is 5.82. The first-order valence-corrected chi connectivity index (χ1v) is 6.10. The van der Waals surface area contributed by atoms with E-state index in [1.807, 2.05) is 0 Å². The van der Waals surface area contributed by atoms with Crippen molar-refractivity contribution in [3.05, 3.63) is 26.7 Å². The van der Waals surface area contributed by atoms with Crippen LogP contribution in [0.3, 0.4) is 0 Å². The molecule has 0 atom stereocenters. The van der Waals surface area contributed by atoms with Crippen molar-refractivity contribution in [2.24, 2.45) is 10.8 Å². The zero-order valence-corrected chi connectivity index (χ0v) is 17.9. The third-order valence-electron chi connectivity index (χ3n) is 2.97. The summed E-state index contributed by atoms with van der Waals surface area (Å²) in [6, 6.07) is 0. The molecule has 98 valence electrons. The zero-order valence-electron chi connectivity index (χ0n) is 12.3. The molecular weight excluding hydrogens is 358 g/mol. The van der Waals surface area contributed by atoms with E-state index in [0.29, 0.717) is 10.8 Å². The van der Waals surface area contributed by atoms with Crippen molar-refractivity contribution in [1.82, 2.24) is 0 Å². The largest absolute Gasteiger partial charge is 0.372 e. The Bertz CT molecular complexity index is 132. The van der Waals surface area contributed by atoms with Crippen LogP contribution in [0.15, 0.2) is 0 Å². The predicted molar refractivity (Wildman–Crippen MR) is 70.0 cm³/mol. The molecule has 0 saturated heterocycles. The summed E-state index contributed by atoms with van der Waals surface area (Å²) in [7, 11) is 0. The van der Waals surface area contributed by atoms with Crippen LogP contribution in [0, 0.1) is 37.5 Å². The molecule has 0 spiro atoms. The van der Waals surface area contributed by atoms with Crippen molar-refractivity contribution in [3.8, 4) is 0 Å². The Labute approximate surface area is 161 Å². The second kappa shape index (κ2) is 12.0. The minimum Gasteiger partial charge on any atom is -0.372 e. The van der Waals surface area contributed by atoms with E-state index in [4.69, 9.17) is 0 Å². The molecule has 2 heteroatoms. The van der Waals surface area contributed by atoms with Gasteiger partial charge in [0.2, 0.25) is 0 Å². The minimum atomic E-state index is 0. The third-order valence-corrected chi connectivity index (χ3v) is 2.97. The molecule has 2 aliphatic carbocycles. The molecule has 2 rings (SSSR count). The van der Waals surface area contributed by atoms with E-state index in [-0.39, 0.29) is 65.4 Å². The van der Waals surface area contributed by atoms with Gasteiger partial charge < -0.3 is 33.1 Å². The van der Waals surface area contributed by atoms with E-state index in [0.717, 1.165) is 6.42 Å². The van der Waals surface area contributed by atoms with Gasteiger partial charge in [0.1, 0.15) is 0 Å². The van der Waals surface area contributed by atoms with Crippen molar-refractivity contribution in [2.45, 2.75) is 59.8 Å². The van der Waals surface area contributed by atoms with Crippen molar-refractivity contribution in [2.75, 3.05) is 0 Å². The summed E-state index contributed by atoms with van der Waals surface area (Å²) in [6.45, 7) is 15.8. The van der Waals surface area contributed by atoms with Crippen LogP contribution in [0.1, 0.15) is 59.8 Å². The van der Waals surface area contributed by atoms with Gasteiger partial charge >= 0.3 is 0 Å². The van der Waals surface area contributed by atoms with Crippen molar-refractivity contribution < 1.29 is 65.4 Å². The molecule has 0 heterocycles. The fourth-order valence-electron chi connectivity index (χ4n) is 1.44. The molecule has 2 saturated carbocycles. The molecular formula is C15H28Y2-4. The number of hydrogen-bond donors (Lipinski definition) is 0. The quantitative estimate of drug-likeness (QED) is 0.511. The fraction of sp³-hybridized carbons (Fsp3) is 0.733. The maximum atomic E-state index is 3.38. The monoisotopic (exact) mass is 386 g/mol. The first-order chi connectivity index (χ1) is 6.83. The van der Waals surface area contributed by atoms with Crippen molar-refractivity contribution in [1.29, 1.82) is 0 Å². The average molecular weight is 386 g/mol. The van der Waals surface area contributed by atoms with Crippen LogP contribution in [-0.4, -0.2) is 0 Å². The topological polar surface area (TPSA) is 0 Å². The molecule has 0 N–H and O–H groups in total. The summed E-state index contributed by atoms with van der Waals surface area (Å²) in [4.78, 5) is 0. The normalized spacial score (nSPS) is 21.5. The number of rotatable bonds is 0. The van der Waals surface area contributed by atoms with Crippen molar-refractivity contribution in [3.63, 3.8) is 0 Å². The molecule has 2 fully saturated rings. The van der Waals surface area contributed by atoms with Gasteiger partial charge in [-0.1, -0.05) is 27.7 Å². The van der Waals surface area contributed by atoms with E-state index in [1.54, 1.807) is 0 Å². The Hall–Kier alpha value is 2.21. The van der Waals surface area contributed by atoms with E-state index < -0.39 is 0 Å². The SMILES string of the molecule is CC1(C)[CH-]CC1.CC1(C)[CH-]CC1.[CH2-]C[CH2-].[Y].[Y]. The summed E-state index contributed by atoms with van der Waals surface area (Å²) >= 11 is 0. The average Bonchev–Trinajstić information content (AvgIpc) is 2.02. The Morgan fingerprint density at radius 3 is 0.941 bits per heavy atom. The number of hydrogen-bond acceptors (Lipinski definition) is 0. The van der Waals surface area contributed by atoms with E-state index in [2.05, 4.69) is 54.4 Å². The second-order valence-electron chi connectivity index (χ2n) is 5.82. The summed E-state index contributed by atoms with van der Waals surface area (Å²) in [5, 5.41) is 0. The van der Waals surface area contributed by atoms with Crippen LogP contribution >= 0.6 is 0 Å². The smallest absolute Gasteiger partial charge is 0 e. The predicted octanol–water partition coefficient (Wildman–Crippen LogP) is 5.06. The summed E-state index contributed by atoms with van der Waals surface area (Å²) in [5.74, 6) is 0. The van der Waals surface area contributed by atoms with Crippen LogP contribution in [0.25, 0.3) is 0 Å². The fourth-order valence-corrected chi connectivity index (χ4v) is 1.44. The molecule has 0 aliphatic heterocycles. The van der Waals surface area contributed by atoms with Gasteiger partial charge in [-0.15, -0.1) is 12.8 Å². The Morgan fingerprint density at radius 1 is 0.824 bits per heavy atom. The van der Waals surface area contributed by atoms with Gasteiger partial charge in [-0.05, 0) is 0 Å². The molecule has 2 radical (unpaired) electrons. The van der Waals surface area contributed by atoms with E-state index >= 15 is 0 Å². The Kier molecular flexibility index (Phi) is 17.1. The van der Waals surface area contributed by atoms with E-state index in [9.17, 15) is 0 Å². The minimum absolute atomic E-state index is 0. The summed E-state index contributed by atoms with van der Waals surface area (Å²) < 4.78 is 0. The van der Waals surface area contributed by atoms with Gasteiger partial charge in [0, 0.05) is 65.4 Å². The van der Waals surface area contributed by atoms with Crippen LogP contribution in [0.5, 0.6) is 0 Å². The summed E-state index contributed by atoms with van der Waals surface area (Å²) in [6.07, 6.45) is 11.0. The molecule has 0 aromatic carbocycles. The van der Waals surface area contributed by atoms with Gasteiger partial charge in [0.15, 0.2) is 0 Å². The first kappa shape index (κ1) is 24.2. The molecule has 0 aromatic heterocycles. The third kappa shape index (κ3) is 14.4. The standard InChI is InChI=1S/2C6H11.C3H6.2Y/c2*1-6(2)4-3-5-6;1-3-2;;/h2*4H,3,5H2,1-2H3;1-3H2;;/q2*-1;-2;;. The maximum absolute atomic E-state index is 3.38. The molecule has 0 amide bonds. The Balaban J connectivity index is -0.000000173. The van der Waals surface area contributed by atoms with Gasteiger partial charge in [0.25, 0.3) is 0 Å². The molecule has 0 bridgehead atoms. The van der Waals surface area contributed by atoms with Gasteiger partial charge in [0.05, 0.1) is 0 Å². The summed E-state index contributed by atoms with van der Waals surface area (Å²) in [5.41, 5.74) is 1.19. The van der Waals surface area contributed by atoms with Crippen LogP contribution < -0.4 is 0 Å². The molecule has 2 aliphatic rings. The van der Waals surface area contributed by atoms with Crippen LogP contribution in [0.2, 0.25) is 0 Å². The maximum Gasteiger partial charge on any atom is 0 e. The van der Waals surface area contributed by atoms with E-state index in [1.165, 1.54) is 25.7 Å². The molecule has 0 aromatic rings. The van der Waals surface area contributed by atoms with Gasteiger partial charge in [-0.25, -0.2) is 0 Å². The zero-order chi connectivity index (χ0) is 11.9. The van der Waals surface area contributed by atoms with Crippen molar-refractivity contribution >= 4 is 0 Å². The first-order valence-electron chi connectivity index (χ1n) is 6.10. The van der Waals surface area contributed by atoms with Gasteiger partial charge in [-0.2, -0.15) is 23.7 Å². The molecule has 0 unspecified atom stereocenters. The van der Waals surface area contributed by atoms with Crippen LogP contribution in [-0.2, 0) is 65.4 Å². The van der Waals surface area contributed by atoms with Crippen LogP contribution in [0.4, 0.5) is 0 Å².